The van der Waals surface area contributed by atoms with Crippen LogP contribution in [0.3, 0.4) is 0 Å². The number of rotatable bonds is 7. The molecular weight excluding hydrogens is 517 g/mol. The van der Waals surface area contributed by atoms with Crippen LogP contribution in [0.4, 0.5) is 24.5 Å². The number of alkyl halides is 3. The molecule has 186 valence electrons. The van der Waals surface area contributed by atoms with Crippen LogP contribution in [-0.4, -0.2) is 26.0 Å². The Bertz CT molecular complexity index is 1360. The number of ether oxygens (including phenoxy) is 2. The van der Waals surface area contributed by atoms with Crippen LogP contribution in [0, 0.1) is 0 Å². The first-order valence-corrected chi connectivity index (χ1v) is 11.5. The van der Waals surface area contributed by atoms with E-state index < -0.39 is 23.6 Å². The van der Waals surface area contributed by atoms with Crippen LogP contribution in [0.5, 0.6) is 11.5 Å². The normalized spacial score (nSPS) is 13.9. The van der Waals surface area contributed by atoms with Gasteiger partial charge in [0.25, 0.3) is 11.8 Å². The molecule has 3 aromatic carbocycles. The van der Waals surface area contributed by atoms with E-state index in [1.165, 1.54) is 14.2 Å². The van der Waals surface area contributed by atoms with Crippen molar-refractivity contribution in [1.82, 2.24) is 0 Å². The highest BCUT2D eigenvalue weighted by molar-refractivity contribution is 8.04. The van der Waals surface area contributed by atoms with E-state index in [2.05, 4.69) is 5.32 Å². The average molecular weight is 535 g/mol. The Labute approximate surface area is 213 Å². The van der Waals surface area contributed by atoms with Crippen molar-refractivity contribution in [1.29, 1.82) is 0 Å². The number of hydrogen-bond donors (Lipinski definition) is 1. The van der Waals surface area contributed by atoms with E-state index in [-0.39, 0.29) is 21.3 Å². The zero-order chi connectivity index (χ0) is 26.0. The monoisotopic (exact) mass is 534 g/mol. The Hall–Kier alpha value is -3.63. The number of benzene rings is 3. The van der Waals surface area contributed by atoms with E-state index in [0.29, 0.717) is 33.0 Å². The summed E-state index contributed by atoms with van der Waals surface area (Å²) in [5, 5.41) is 2.74. The number of carbonyl (C=O) groups is 2. The Morgan fingerprint density at radius 3 is 2.28 bits per heavy atom. The van der Waals surface area contributed by atoms with Gasteiger partial charge in [-0.15, -0.1) is 0 Å². The lowest BCUT2D eigenvalue weighted by Gasteiger charge is -2.19. The van der Waals surface area contributed by atoms with Gasteiger partial charge in [0.15, 0.2) is 0 Å². The molecule has 1 N–H and O–H groups in total. The SMILES string of the molecule is COc1ccc(OC)c(NC2=C(Sc3ccccc3)C(=O)N(c3cc(C(F)(F)F)ccc3Cl)C2=O)c1. The lowest BCUT2D eigenvalue weighted by atomic mass is 10.2. The third-order valence-electron chi connectivity index (χ3n) is 5.19. The van der Waals surface area contributed by atoms with Gasteiger partial charge in [0, 0.05) is 11.0 Å². The van der Waals surface area contributed by atoms with Crippen molar-refractivity contribution in [2.45, 2.75) is 11.1 Å². The first kappa shape index (κ1) is 25.5. The molecule has 36 heavy (non-hydrogen) atoms. The van der Waals surface area contributed by atoms with E-state index in [9.17, 15) is 22.8 Å². The maximum atomic E-state index is 13.5. The van der Waals surface area contributed by atoms with Gasteiger partial charge in [-0.25, -0.2) is 4.90 Å². The molecular formula is C25H18ClF3N2O4S. The fraction of sp³-hybridized carbons (Fsp3) is 0.120. The van der Waals surface area contributed by atoms with E-state index in [1.807, 2.05) is 0 Å². The van der Waals surface area contributed by atoms with Crippen LogP contribution < -0.4 is 19.7 Å². The predicted octanol–water partition coefficient (Wildman–Crippen LogP) is 6.37. The van der Waals surface area contributed by atoms with Gasteiger partial charge in [-0.2, -0.15) is 13.2 Å². The zero-order valence-electron chi connectivity index (χ0n) is 18.9. The fourth-order valence-corrected chi connectivity index (χ4v) is 4.60. The maximum Gasteiger partial charge on any atom is 0.416 e. The summed E-state index contributed by atoms with van der Waals surface area (Å²) >= 11 is 7.16. The summed E-state index contributed by atoms with van der Waals surface area (Å²) in [5.74, 6) is -0.891. The number of methoxy groups -OCH3 is 2. The van der Waals surface area contributed by atoms with Crippen molar-refractivity contribution in [3.8, 4) is 11.5 Å². The summed E-state index contributed by atoms with van der Waals surface area (Å²) < 4.78 is 50.7. The molecule has 2 amide bonds. The molecule has 1 aliphatic rings. The van der Waals surface area contributed by atoms with Crippen molar-refractivity contribution in [3.63, 3.8) is 0 Å². The third-order valence-corrected chi connectivity index (χ3v) is 6.60. The number of nitrogens with one attached hydrogen (secondary N) is 1. The van der Waals surface area contributed by atoms with Crippen molar-refractivity contribution < 1.29 is 32.2 Å². The largest absolute Gasteiger partial charge is 0.497 e. The van der Waals surface area contributed by atoms with Gasteiger partial charge in [-0.1, -0.05) is 41.6 Å². The molecule has 0 aliphatic carbocycles. The number of halogens is 4. The van der Waals surface area contributed by atoms with Crippen molar-refractivity contribution in [2.75, 3.05) is 24.4 Å². The molecule has 0 saturated heterocycles. The minimum atomic E-state index is -4.70. The Kier molecular flexibility index (Phi) is 7.18. The number of carbonyl (C=O) groups excluding carboxylic acids is 2. The van der Waals surface area contributed by atoms with Gasteiger partial charge in [-0.3, -0.25) is 9.59 Å². The quantitative estimate of drug-likeness (QED) is 0.356. The second-order valence-corrected chi connectivity index (χ2v) is 8.91. The smallest absolute Gasteiger partial charge is 0.416 e. The van der Waals surface area contributed by atoms with Crippen molar-refractivity contribution >= 4 is 46.6 Å². The maximum absolute atomic E-state index is 13.5. The fourth-order valence-electron chi connectivity index (χ4n) is 3.45. The molecule has 0 saturated carbocycles. The van der Waals surface area contributed by atoms with Crippen LogP contribution in [0.25, 0.3) is 0 Å². The van der Waals surface area contributed by atoms with E-state index in [0.717, 1.165) is 23.9 Å². The number of hydrogen-bond acceptors (Lipinski definition) is 6. The summed E-state index contributed by atoms with van der Waals surface area (Å²) in [6.07, 6.45) is -4.70. The molecule has 1 heterocycles. The lowest BCUT2D eigenvalue weighted by molar-refractivity contribution is -0.137. The van der Waals surface area contributed by atoms with Crippen molar-refractivity contribution in [2.24, 2.45) is 0 Å². The number of amides is 2. The van der Waals surface area contributed by atoms with E-state index >= 15 is 0 Å². The summed E-state index contributed by atoms with van der Waals surface area (Å²) in [6, 6.07) is 16.0. The van der Waals surface area contributed by atoms with Crippen LogP contribution in [0.1, 0.15) is 5.56 Å². The topological polar surface area (TPSA) is 67.9 Å². The molecule has 0 spiro atoms. The number of imide groups is 1. The molecule has 1 aliphatic heterocycles. The summed E-state index contributed by atoms with van der Waals surface area (Å²) in [4.78, 5) is 28.3. The molecule has 4 rings (SSSR count). The minimum Gasteiger partial charge on any atom is -0.497 e. The Balaban J connectivity index is 1.82. The van der Waals surface area contributed by atoms with Gasteiger partial charge >= 0.3 is 6.18 Å². The Morgan fingerprint density at radius 2 is 1.64 bits per heavy atom. The van der Waals surface area contributed by atoms with Gasteiger partial charge in [0.2, 0.25) is 0 Å². The molecule has 3 aromatic rings. The van der Waals surface area contributed by atoms with E-state index in [4.69, 9.17) is 21.1 Å². The van der Waals surface area contributed by atoms with Crippen LogP contribution in [0.2, 0.25) is 5.02 Å². The van der Waals surface area contributed by atoms with E-state index in [1.54, 1.807) is 48.5 Å². The summed E-state index contributed by atoms with van der Waals surface area (Å²) in [6.45, 7) is 0. The predicted molar refractivity (Wildman–Crippen MR) is 131 cm³/mol. The first-order valence-electron chi connectivity index (χ1n) is 10.4. The average Bonchev–Trinajstić information content (AvgIpc) is 3.08. The molecule has 0 radical (unpaired) electrons. The molecule has 0 unspecified atom stereocenters. The second-order valence-electron chi connectivity index (χ2n) is 7.42. The molecule has 0 atom stereocenters. The van der Waals surface area contributed by atoms with Gasteiger partial charge in [0.1, 0.15) is 22.1 Å². The zero-order valence-corrected chi connectivity index (χ0v) is 20.4. The molecule has 0 bridgehead atoms. The van der Waals surface area contributed by atoms with Crippen LogP contribution >= 0.6 is 23.4 Å². The lowest BCUT2D eigenvalue weighted by Crippen LogP contribution is -2.33. The Morgan fingerprint density at radius 1 is 0.917 bits per heavy atom. The molecule has 0 aromatic heterocycles. The van der Waals surface area contributed by atoms with Gasteiger partial charge in [0.05, 0.1) is 36.2 Å². The highest BCUT2D eigenvalue weighted by Crippen LogP contribution is 2.42. The second kappa shape index (κ2) is 10.2. The van der Waals surface area contributed by atoms with Crippen LogP contribution in [-0.2, 0) is 15.8 Å². The van der Waals surface area contributed by atoms with Gasteiger partial charge < -0.3 is 14.8 Å². The third kappa shape index (κ3) is 5.00. The molecule has 0 fully saturated rings. The first-order chi connectivity index (χ1) is 17.1. The summed E-state index contributed by atoms with van der Waals surface area (Å²) in [5.41, 5.74) is -1.25. The minimum absolute atomic E-state index is 0.0236. The number of nitrogens with zero attached hydrogens (tertiary/aromatic N) is 1. The number of anilines is 2. The highest BCUT2D eigenvalue weighted by Gasteiger charge is 2.42. The van der Waals surface area contributed by atoms with Crippen molar-refractivity contribution in [3.05, 3.63) is 87.9 Å². The van der Waals surface area contributed by atoms with Crippen LogP contribution in [0.15, 0.2) is 82.2 Å². The standard InChI is InChI=1S/C25H18ClF3N2O4S/c1-34-15-9-11-20(35-2)18(13-15)30-21-22(36-16-6-4-3-5-7-16)24(33)31(23(21)32)19-12-14(25(27,28)29)8-10-17(19)26/h3-13,30H,1-2H3. The molecule has 6 nitrogen and oxygen atoms in total. The highest BCUT2D eigenvalue weighted by atomic mass is 35.5. The summed E-state index contributed by atoms with van der Waals surface area (Å²) in [7, 11) is 2.89. The van der Waals surface area contributed by atoms with Gasteiger partial charge in [-0.05, 0) is 42.5 Å². The number of thioether (sulfide) groups is 1. The molecule has 11 heteroatoms.